The van der Waals surface area contributed by atoms with Crippen molar-refractivity contribution in [1.29, 1.82) is 0 Å². The van der Waals surface area contributed by atoms with Crippen molar-refractivity contribution in [3.63, 3.8) is 0 Å². The van der Waals surface area contributed by atoms with E-state index in [1.54, 1.807) is 9.13 Å². The molecule has 8 aromatic carbocycles. The predicted molar refractivity (Wildman–Crippen MR) is 319 cm³/mol. The second-order valence-corrected chi connectivity index (χ2v) is 22.4. The molecule has 6 heteroatoms. The van der Waals surface area contributed by atoms with Gasteiger partial charge in [0.25, 0.3) is 22.2 Å². The molecule has 0 aliphatic heterocycles. The first-order chi connectivity index (χ1) is 36.3. The van der Waals surface area contributed by atoms with Crippen molar-refractivity contribution in [3.8, 4) is 0 Å². The Morgan fingerprint density at radius 1 is 0.284 bits per heavy atom. The maximum atomic E-state index is 15.4. The molecule has 0 radical (unpaired) electrons. The predicted octanol–water partition coefficient (Wildman–Crippen LogP) is 18.7. The molecule has 0 bridgehead atoms. The molecule has 2 unspecified atom stereocenters. The number of unbranched alkanes of at least 4 members (excludes halogenated alkanes) is 18. The Kier molecular flexibility index (Phi) is 16.3. The van der Waals surface area contributed by atoms with Crippen LogP contribution in [0.15, 0.2) is 104 Å². The summed E-state index contributed by atoms with van der Waals surface area (Å²) in [6.45, 7) is 8.90. The molecular weight excluding hydrogens is 909 g/mol. The highest BCUT2D eigenvalue weighted by molar-refractivity contribution is 6.42. The van der Waals surface area contributed by atoms with Gasteiger partial charge in [-0.1, -0.05) is 242 Å². The topological polar surface area (TPSA) is 78.1 Å². The fourth-order valence-electron chi connectivity index (χ4n) is 13.6. The summed E-state index contributed by atoms with van der Waals surface area (Å²) in [4.78, 5) is 61.1. The first-order valence-corrected chi connectivity index (χ1v) is 29.6. The van der Waals surface area contributed by atoms with Gasteiger partial charge < -0.3 is 0 Å². The van der Waals surface area contributed by atoms with Crippen LogP contribution in [0.5, 0.6) is 0 Å². The van der Waals surface area contributed by atoms with E-state index in [0.29, 0.717) is 21.5 Å². The van der Waals surface area contributed by atoms with E-state index in [2.05, 4.69) is 76.2 Å². The largest absolute Gasteiger partial charge is 0.271 e. The molecule has 0 fully saturated rings. The van der Waals surface area contributed by atoms with E-state index in [1.807, 2.05) is 36.4 Å². The van der Waals surface area contributed by atoms with Crippen molar-refractivity contribution in [2.24, 2.45) is 0 Å². The van der Waals surface area contributed by atoms with E-state index in [4.69, 9.17) is 0 Å². The average molecular weight is 989 g/mol. The zero-order valence-electron chi connectivity index (χ0n) is 45.1. The van der Waals surface area contributed by atoms with E-state index < -0.39 is 0 Å². The van der Waals surface area contributed by atoms with E-state index in [-0.39, 0.29) is 34.3 Å². The van der Waals surface area contributed by atoms with Crippen molar-refractivity contribution >= 4 is 97.0 Å². The Hall–Kier alpha value is -5.88. The third-order valence-corrected chi connectivity index (χ3v) is 17.4. The number of rotatable bonds is 28. The summed E-state index contributed by atoms with van der Waals surface area (Å²) in [5.41, 5.74) is -0.678. The molecule has 386 valence electrons. The lowest BCUT2D eigenvalue weighted by atomic mass is 9.85. The van der Waals surface area contributed by atoms with Crippen LogP contribution in [-0.2, 0) is 0 Å². The van der Waals surface area contributed by atoms with E-state index in [0.717, 1.165) is 152 Å². The minimum atomic E-state index is -0.174. The van der Waals surface area contributed by atoms with E-state index in [1.165, 1.54) is 89.9 Å². The van der Waals surface area contributed by atoms with Gasteiger partial charge in [0.05, 0.1) is 21.5 Å². The van der Waals surface area contributed by atoms with Crippen LogP contribution in [0.25, 0.3) is 97.0 Å². The van der Waals surface area contributed by atoms with Crippen molar-refractivity contribution < 1.29 is 0 Å². The van der Waals surface area contributed by atoms with Crippen LogP contribution >= 0.6 is 0 Å². The number of aromatic nitrogens is 2. The Balaban J connectivity index is 1.14. The fraction of sp³-hybridized carbons (Fsp3) is 0.471. The highest BCUT2D eigenvalue weighted by atomic mass is 16.2. The molecule has 2 atom stereocenters. The van der Waals surface area contributed by atoms with Crippen LogP contribution in [0.4, 0.5) is 0 Å². The average Bonchev–Trinajstić information content (AvgIpc) is 3.85. The lowest BCUT2D eigenvalue weighted by molar-refractivity contribution is 0.389. The lowest BCUT2D eigenvalue weighted by Gasteiger charge is -2.18. The summed E-state index contributed by atoms with van der Waals surface area (Å²) in [6, 6.07) is 29.1. The summed E-state index contributed by atoms with van der Waals surface area (Å²) in [6.07, 6.45) is 29.3. The quantitative estimate of drug-likeness (QED) is 0.0278. The van der Waals surface area contributed by atoms with Crippen LogP contribution in [0.1, 0.15) is 207 Å². The van der Waals surface area contributed by atoms with E-state index in [9.17, 15) is 0 Å². The van der Waals surface area contributed by atoms with Gasteiger partial charge in [0, 0.05) is 22.9 Å². The van der Waals surface area contributed by atoms with Gasteiger partial charge in [-0.15, -0.1) is 0 Å². The second kappa shape index (κ2) is 23.3. The van der Waals surface area contributed by atoms with Crippen molar-refractivity contribution in [3.05, 3.63) is 126 Å². The number of hydrogen-bond acceptors (Lipinski definition) is 4. The molecule has 10 aromatic rings. The van der Waals surface area contributed by atoms with Gasteiger partial charge in [-0.3, -0.25) is 28.3 Å². The molecule has 0 saturated carbocycles. The van der Waals surface area contributed by atoms with Crippen LogP contribution in [-0.4, -0.2) is 9.13 Å². The van der Waals surface area contributed by atoms with Gasteiger partial charge in [-0.25, -0.2) is 0 Å². The van der Waals surface area contributed by atoms with Gasteiger partial charge in [0.2, 0.25) is 0 Å². The van der Waals surface area contributed by atoms with E-state index >= 15 is 19.2 Å². The summed E-state index contributed by atoms with van der Waals surface area (Å²) in [7, 11) is 0. The van der Waals surface area contributed by atoms with Gasteiger partial charge >= 0.3 is 0 Å². The molecule has 0 amide bonds. The highest BCUT2D eigenvalue weighted by Crippen LogP contribution is 2.47. The lowest BCUT2D eigenvalue weighted by Crippen LogP contribution is -2.30. The molecule has 74 heavy (non-hydrogen) atoms. The minimum absolute atomic E-state index is 0.157. The third kappa shape index (κ3) is 9.46. The highest BCUT2D eigenvalue weighted by Gasteiger charge is 2.29. The number of fused-ring (bicyclic) bond motifs is 14. The van der Waals surface area contributed by atoms with Crippen LogP contribution in [0.2, 0.25) is 0 Å². The van der Waals surface area contributed by atoms with Gasteiger partial charge in [-0.2, -0.15) is 0 Å². The Labute approximate surface area is 437 Å². The van der Waals surface area contributed by atoms with Crippen LogP contribution < -0.4 is 22.2 Å². The zero-order chi connectivity index (χ0) is 51.3. The van der Waals surface area contributed by atoms with Gasteiger partial charge in [0.15, 0.2) is 0 Å². The fourth-order valence-corrected chi connectivity index (χ4v) is 13.6. The number of nitrogens with zero attached hydrogens (tertiary/aromatic N) is 2. The monoisotopic (exact) mass is 989 g/mol. The Morgan fingerprint density at radius 3 is 0.959 bits per heavy atom. The molecule has 10 rings (SSSR count). The van der Waals surface area contributed by atoms with Gasteiger partial charge in [-0.05, 0) is 102 Å². The maximum absolute atomic E-state index is 15.4. The first kappa shape index (κ1) is 51.6. The molecule has 0 spiro atoms. The molecule has 0 saturated heterocycles. The zero-order valence-corrected chi connectivity index (χ0v) is 45.1. The van der Waals surface area contributed by atoms with Crippen LogP contribution in [0.3, 0.4) is 0 Å². The number of hydrogen-bond donors (Lipinski definition) is 0. The summed E-state index contributed by atoms with van der Waals surface area (Å²) < 4.78 is 3.32. The van der Waals surface area contributed by atoms with Crippen molar-refractivity contribution in [2.75, 3.05) is 0 Å². The Morgan fingerprint density at radius 2 is 0.595 bits per heavy atom. The summed E-state index contributed by atoms with van der Waals surface area (Å²) in [5, 5.41) is 15.3. The number of benzene rings is 8. The second-order valence-electron chi connectivity index (χ2n) is 22.4. The first-order valence-electron chi connectivity index (χ1n) is 29.6. The SMILES string of the molecule is CCCCCCCCCCCC(CCCC)n1c(=O)c2c3ccccc3c3cc4ccc5c6c(cc7ccc(c3c2c1=O)c4c75)c1ccccc1c1c(=O)n(C(CCCC)CCCCCCCCCCC)c(=O)c16. The normalized spacial score (nSPS) is 13.3. The van der Waals surface area contributed by atoms with Gasteiger partial charge in [0.1, 0.15) is 0 Å². The summed E-state index contributed by atoms with van der Waals surface area (Å²) in [5.74, 6) is 0. The molecule has 0 N–H and O–H groups in total. The standard InChI is InChI=1S/C68H80N2O4/c1-5-9-13-15-17-19-21-23-25-33-47(31-11-7-3)69-65(71)61-51-37-29-27-35-49(51)55-43-45-40-42-54-58-46(39-41-53(57(45)58)59(55)63(61)67(69)73)44-56-50-36-28-30-38-52(50)62-64(60(54)56)68(74)70(66(62)72)48(32-12-8-4)34-26-24-22-20-18-16-14-10-6-2/h27-30,35-44,47-48H,5-26,31-34H2,1-4H3. The molecule has 2 heterocycles. The molecule has 0 aliphatic rings. The smallest absolute Gasteiger partial charge is 0.262 e. The molecular formula is C68H80N2O4. The van der Waals surface area contributed by atoms with Crippen molar-refractivity contribution in [1.82, 2.24) is 9.13 Å². The maximum Gasteiger partial charge on any atom is 0.262 e. The molecule has 6 nitrogen and oxygen atoms in total. The molecule has 2 aromatic heterocycles. The van der Waals surface area contributed by atoms with Crippen molar-refractivity contribution in [2.45, 2.75) is 207 Å². The molecule has 0 aliphatic carbocycles. The summed E-state index contributed by atoms with van der Waals surface area (Å²) >= 11 is 0. The minimum Gasteiger partial charge on any atom is -0.271 e. The van der Waals surface area contributed by atoms with Crippen LogP contribution in [0, 0.1) is 0 Å². The third-order valence-electron chi connectivity index (χ3n) is 17.4. The Bertz CT molecular complexity index is 3560.